The lowest BCUT2D eigenvalue weighted by Crippen LogP contribution is -2.39. The summed E-state index contributed by atoms with van der Waals surface area (Å²) in [7, 11) is -3.66. The van der Waals surface area contributed by atoms with Gasteiger partial charge in [-0.3, -0.25) is 0 Å². The summed E-state index contributed by atoms with van der Waals surface area (Å²) in [6, 6.07) is 1.12. The van der Waals surface area contributed by atoms with E-state index in [1.54, 1.807) is 0 Å². The summed E-state index contributed by atoms with van der Waals surface area (Å²) in [5.74, 6) is -0.439. The maximum atomic E-state index is 12.0. The number of aromatic amines is 1. The van der Waals surface area contributed by atoms with Crippen LogP contribution in [0.5, 0.6) is 0 Å². The second-order valence-corrected chi connectivity index (χ2v) is 7.24. The fourth-order valence-corrected chi connectivity index (χ4v) is 3.37. The average Bonchev–Trinajstić information content (AvgIpc) is 2.91. The van der Waals surface area contributed by atoms with Gasteiger partial charge in [-0.05, 0) is 37.9 Å². The van der Waals surface area contributed by atoms with Crippen LogP contribution in [0.1, 0.15) is 30.3 Å². The fraction of sp³-hybridized carbons (Fsp3) is 0.615. The van der Waals surface area contributed by atoms with Crippen molar-refractivity contribution in [1.82, 2.24) is 14.6 Å². The second-order valence-electron chi connectivity index (χ2n) is 5.48. The Bertz CT molecular complexity index is 588. The van der Waals surface area contributed by atoms with Crippen LogP contribution in [-0.4, -0.2) is 55.6 Å². The third-order valence-electron chi connectivity index (χ3n) is 3.79. The van der Waals surface area contributed by atoms with Crippen molar-refractivity contribution in [3.63, 3.8) is 0 Å². The van der Waals surface area contributed by atoms with Gasteiger partial charge in [0.1, 0.15) is 10.6 Å². The summed E-state index contributed by atoms with van der Waals surface area (Å²) < 4.78 is 26.5. The van der Waals surface area contributed by atoms with Crippen LogP contribution in [-0.2, 0) is 10.0 Å². The molecule has 0 aliphatic carbocycles. The molecule has 0 unspecified atom stereocenters. The predicted molar refractivity (Wildman–Crippen MR) is 77.8 cm³/mol. The third kappa shape index (κ3) is 4.29. The number of hydrogen-bond acceptors (Lipinski definition) is 4. The van der Waals surface area contributed by atoms with Gasteiger partial charge in [-0.25, -0.2) is 17.9 Å². The van der Waals surface area contributed by atoms with Gasteiger partial charge in [-0.15, -0.1) is 0 Å². The van der Waals surface area contributed by atoms with E-state index in [0.717, 1.165) is 37.9 Å². The Kier molecular flexibility index (Phi) is 5.02. The van der Waals surface area contributed by atoms with E-state index in [1.807, 2.05) is 0 Å². The zero-order valence-corrected chi connectivity index (χ0v) is 12.8. The molecule has 0 aromatic carbocycles. The number of aromatic carboxylic acids is 1. The standard InChI is InChI=1S/C13H21N3O4S/c1-10-2-5-16(6-3-10)7-4-15-21(19,20)11-8-12(13(17)18)14-9-11/h8-10,14-15H,2-7H2,1H3,(H,17,18). The minimum Gasteiger partial charge on any atom is -0.477 e. The number of hydrogen-bond donors (Lipinski definition) is 3. The van der Waals surface area contributed by atoms with Crippen LogP contribution in [0.3, 0.4) is 0 Å². The van der Waals surface area contributed by atoms with Crippen molar-refractivity contribution in [2.75, 3.05) is 26.2 Å². The molecule has 8 heteroatoms. The second kappa shape index (κ2) is 6.59. The Hall–Kier alpha value is -1.38. The molecule has 2 heterocycles. The van der Waals surface area contributed by atoms with Gasteiger partial charge in [0.2, 0.25) is 10.0 Å². The Morgan fingerprint density at radius 1 is 1.48 bits per heavy atom. The number of carboxylic acids is 1. The van der Waals surface area contributed by atoms with Gasteiger partial charge in [0.25, 0.3) is 0 Å². The summed E-state index contributed by atoms with van der Waals surface area (Å²) in [6.07, 6.45) is 3.48. The number of likely N-dealkylation sites (tertiary alicyclic amines) is 1. The smallest absolute Gasteiger partial charge is 0.352 e. The molecule has 1 aliphatic heterocycles. The number of carboxylic acid groups (broad SMARTS) is 1. The SMILES string of the molecule is CC1CCN(CCNS(=O)(=O)c2c[nH]c(C(=O)O)c2)CC1. The number of nitrogens with one attached hydrogen (secondary N) is 2. The first-order valence-electron chi connectivity index (χ1n) is 7.02. The fourth-order valence-electron chi connectivity index (χ4n) is 2.36. The Labute approximate surface area is 124 Å². The van der Waals surface area contributed by atoms with Crippen LogP contribution < -0.4 is 4.72 Å². The molecule has 0 radical (unpaired) electrons. The minimum absolute atomic E-state index is 0.0489. The number of piperidine rings is 1. The van der Waals surface area contributed by atoms with Crippen molar-refractivity contribution >= 4 is 16.0 Å². The molecule has 118 valence electrons. The van der Waals surface area contributed by atoms with Crippen LogP contribution in [0.25, 0.3) is 0 Å². The summed E-state index contributed by atoms with van der Waals surface area (Å²) in [6.45, 7) is 5.21. The Morgan fingerprint density at radius 2 is 2.14 bits per heavy atom. The molecular weight excluding hydrogens is 294 g/mol. The maximum Gasteiger partial charge on any atom is 0.352 e. The van der Waals surface area contributed by atoms with Gasteiger partial charge in [-0.2, -0.15) is 0 Å². The molecular formula is C13H21N3O4S. The molecule has 0 amide bonds. The largest absolute Gasteiger partial charge is 0.477 e. The van der Waals surface area contributed by atoms with E-state index >= 15 is 0 Å². The highest BCUT2D eigenvalue weighted by Crippen LogP contribution is 2.15. The first-order valence-corrected chi connectivity index (χ1v) is 8.50. The lowest BCUT2D eigenvalue weighted by atomic mass is 9.99. The highest BCUT2D eigenvalue weighted by molar-refractivity contribution is 7.89. The summed E-state index contributed by atoms with van der Waals surface area (Å²) >= 11 is 0. The van der Waals surface area contributed by atoms with E-state index in [9.17, 15) is 13.2 Å². The number of H-pyrrole nitrogens is 1. The Morgan fingerprint density at radius 3 is 2.71 bits per heavy atom. The van der Waals surface area contributed by atoms with Gasteiger partial charge < -0.3 is 15.0 Å². The molecule has 1 aromatic rings. The van der Waals surface area contributed by atoms with E-state index in [-0.39, 0.29) is 10.6 Å². The minimum atomic E-state index is -3.66. The average molecular weight is 315 g/mol. The molecule has 0 spiro atoms. The third-order valence-corrected chi connectivity index (χ3v) is 5.23. The van der Waals surface area contributed by atoms with Crippen molar-refractivity contribution in [2.24, 2.45) is 5.92 Å². The number of nitrogens with zero attached hydrogens (tertiary/aromatic N) is 1. The first kappa shape index (κ1) is 16.0. The molecule has 1 fully saturated rings. The molecule has 0 atom stereocenters. The monoisotopic (exact) mass is 315 g/mol. The molecule has 3 N–H and O–H groups in total. The van der Waals surface area contributed by atoms with Gasteiger partial charge in [-0.1, -0.05) is 6.92 Å². The molecule has 0 saturated carbocycles. The number of sulfonamides is 1. The molecule has 0 bridgehead atoms. The molecule has 1 aromatic heterocycles. The molecule has 1 saturated heterocycles. The molecule has 2 rings (SSSR count). The van der Waals surface area contributed by atoms with Crippen LogP contribution in [0, 0.1) is 5.92 Å². The van der Waals surface area contributed by atoms with E-state index in [2.05, 4.69) is 21.5 Å². The van der Waals surface area contributed by atoms with E-state index < -0.39 is 16.0 Å². The van der Waals surface area contributed by atoms with Crippen molar-refractivity contribution in [1.29, 1.82) is 0 Å². The predicted octanol–water partition coefficient (Wildman–Crippen LogP) is 0.723. The van der Waals surface area contributed by atoms with Gasteiger partial charge >= 0.3 is 5.97 Å². The number of rotatable bonds is 6. The van der Waals surface area contributed by atoms with Crippen LogP contribution in [0.2, 0.25) is 0 Å². The van der Waals surface area contributed by atoms with Crippen molar-refractivity contribution in [3.05, 3.63) is 18.0 Å². The zero-order chi connectivity index (χ0) is 15.5. The lowest BCUT2D eigenvalue weighted by Gasteiger charge is -2.30. The van der Waals surface area contributed by atoms with E-state index in [4.69, 9.17) is 5.11 Å². The van der Waals surface area contributed by atoms with Crippen LogP contribution >= 0.6 is 0 Å². The molecule has 21 heavy (non-hydrogen) atoms. The van der Waals surface area contributed by atoms with Crippen molar-refractivity contribution in [3.8, 4) is 0 Å². The molecule has 1 aliphatic rings. The Balaban J connectivity index is 1.85. The summed E-state index contributed by atoms with van der Waals surface area (Å²) in [4.78, 5) is 15.4. The normalized spacial score (nSPS) is 18.0. The summed E-state index contributed by atoms with van der Waals surface area (Å²) in [5.41, 5.74) is -0.139. The highest BCUT2D eigenvalue weighted by atomic mass is 32.2. The van der Waals surface area contributed by atoms with E-state index in [1.165, 1.54) is 6.20 Å². The zero-order valence-electron chi connectivity index (χ0n) is 12.0. The summed E-state index contributed by atoms with van der Waals surface area (Å²) in [5, 5.41) is 8.78. The van der Waals surface area contributed by atoms with Crippen LogP contribution in [0.4, 0.5) is 0 Å². The quantitative estimate of drug-likeness (QED) is 0.718. The van der Waals surface area contributed by atoms with E-state index in [0.29, 0.717) is 13.1 Å². The van der Waals surface area contributed by atoms with Crippen LogP contribution in [0.15, 0.2) is 17.2 Å². The molecule has 7 nitrogen and oxygen atoms in total. The first-order chi connectivity index (χ1) is 9.88. The number of carbonyl (C=O) groups is 1. The van der Waals surface area contributed by atoms with Gasteiger partial charge in [0, 0.05) is 19.3 Å². The van der Waals surface area contributed by atoms with Gasteiger partial charge in [0.15, 0.2) is 0 Å². The van der Waals surface area contributed by atoms with Crippen molar-refractivity contribution < 1.29 is 18.3 Å². The maximum absolute atomic E-state index is 12.0. The lowest BCUT2D eigenvalue weighted by molar-refractivity contribution is 0.0691. The number of aromatic nitrogens is 1. The van der Waals surface area contributed by atoms with Gasteiger partial charge in [0.05, 0.1) is 0 Å². The topological polar surface area (TPSA) is 103 Å². The highest BCUT2D eigenvalue weighted by Gasteiger charge is 2.19. The van der Waals surface area contributed by atoms with Crippen molar-refractivity contribution in [2.45, 2.75) is 24.7 Å².